The van der Waals surface area contributed by atoms with Gasteiger partial charge in [-0.05, 0) is 18.9 Å². The van der Waals surface area contributed by atoms with E-state index in [0.717, 1.165) is 12.8 Å². The molecule has 0 saturated heterocycles. The summed E-state index contributed by atoms with van der Waals surface area (Å²) in [5.41, 5.74) is -0.0856. The maximum Gasteiger partial charge on any atom is 0.175 e. The van der Waals surface area contributed by atoms with Crippen LogP contribution in [0.1, 0.15) is 32.1 Å². The van der Waals surface area contributed by atoms with Gasteiger partial charge < -0.3 is 9.84 Å². The predicted octanol–water partition coefficient (Wildman–Crippen LogP) is 1.59. The number of ether oxygens (including phenoxy) is 1. The summed E-state index contributed by atoms with van der Waals surface area (Å²) < 4.78 is 5.43. The zero-order valence-corrected chi connectivity index (χ0v) is 6.62. The lowest BCUT2D eigenvalue weighted by atomic mass is 9.85. The van der Waals surface area contributed by atoms with Gasteiger partial charge >= 0.3 is 0 Å². The second kappa shape index (κ2) is 2.61. The molecule has 0 aromatic rings. The summed E-state index contributed by atoms with van der Waals surface area (Å²) in [6, 6.07) is 0. The molecule has 62 valence electrons. The lowest BCUT2D eigenvalue weighted by Crippen LogP contribution is -2.31. The molecule has 2 nitrogen and oxygen atoms in total. The van der Waals surface area contributed by atoms with Gasteiger partial charge in [0.05, 0.1) is 5.60 Å². The second-order valence-electron chi connectivity index (χ2n) is 3.49. The first-order valence-electron chi connectivity index (χ1n) is 4.36. The van der Waals surface area contributed by atoms with Crippen LogP contribution in [0.5, 0.6) is 0 Å². The fraction of sp³-hybridized carbons (Fsp3) is 0.778. The van der Waals surface area contributed by atoms with Crippen LogP contribution in [0.4, 0.5) is 0 Å². The van der Waals surface area contributed by atoms with E-state index in [1.165, 1.54) is 19.3 Å². The first kappa shape index (κ1) is 7.32. The summed E-state index contributed by atoms with van der Waals surface area (Å²) in [6.45, 7) is 0. The minimum Gasteiger partial charge on any atom is -0.365 e. The first-order valence-corrected chi connectivity index (χ1v) is 4.36. The van der Waals surface area contributed by atoms with Crippen molar-refractivity contribution in [2.45, 2.75) is 44.0 Å². The Morgan fingerprint density at radius 1 is 1.27 bits per heavy atom. The highest BCUT2D eigenvalue weighted by Crippen LogP contribution is 2.36. The van der Waals surface area contributed by atoms with E-state index in [2.05, 4.69) is 0 Å². The van der Waals surface area contributed by atoms with E-state index in [1.807, 2.05) is 6.08 Å². The Morgan fingerprint density at radius 2 is 2.00 bits per heavy atom. The molecular weight excluding hydrogens is 140 g/mol. The van der Waals surface area contributed by atoms with E-state index in [4.69, 9.17) is 9.84 Å². The number of rotatable bonds is 0. The maximum atomic E-state index is 9.14. The quantitative estimate of drug-likeness (QED) is 0.537. The van der Waals surface area contributed by atoms with Crippen molar-refractivity contribution in [2.75, 3.05) is 0 Å². The molecule has 2 heteroatoms. The fourth-order valence-corrected chi connectivity index (χ4v) is 2.01. The minimum atomic E-state index is -0.645. The van der Waals surface area contributed by atoms with E-state index in [-0.39, 0.29) is 5.60 Å². The van der Waals surface area contributed by atoms with Gasteiger partial charge in [0.25, 0.3) is 0 Å². The number of aliphatic hydroxyl groups excluding tert-OH is 1. The molecule has 0 aromatic heterocycles. The van der Waals surface area contributed by atoms with Crippen molar-refractivity contribution in [1.29, 1.82) is 0 Å². The summed E-state index contributed by atoms with van der Waals surface area (Å²) in [4.78, 5) is 0. The maximum absolute atomic E-state index is 9.14. The lowest BCUT2D eigenvalue weighted by molar-refractivity contribution is -0.134. The number of aliphatic hydroxyl groups is 1. The zero-order valence-electron chi connectivity index (χ0n) is 6.62. The van der Waals surface area contributed by atoms with Gasteiger partial charge in [-0.2, -0.15) is 0 Å². The SMILES string of the molecule is OC1C=CC2(CCCCC2)O1. The largest absolute Gasteiger partial charge is 0.365 e. The lowest BCUT2D eigenvalue weighted by Gasteiger charge is -2.31. The molecule has 0 bridgehead atoms. The Bertz CT molecular complexity index is 168. The summed E-state index contributed by atoms with van der Waals surface area (Å²) in [7, 11) is 0. The van der Waals surface area contributed by atoms with Crippen molar-refractivity contribution in [3.05, 3.63) is 12.2 Å². The van der Waals surface area contributed by atoms with E-state index >= 15 is 0 Å². The van der Waals surface area contributed by atoms with Crippen LogP contribution in [-0.2, 0) is 4.74 Å². The van der Waals surface area contributed by atoms with Gasteiger partial charge in [0.2, 0.25) is 0 Å². The number of hydrogen-bond acceptors (Lipinski definition) is 2. The van der Waals surface area contributed by atoms with Gasteiger partial charge in [0.1, 0.15) is 0 Å². The molecule has 2 aliphatic rings. The zero-order chi connectivity index (χ0) is 7.73. The normalized spacial score (nSPS) is 34.8. The van der Waals surface area contributed by atoms with Crippen LogP contribution in [0.2, 0.25) is 0 Å². The average molecular weight is 154 g/mol. The highest BCUT2D eigenvalue weighted by Gasteiger charge is 2.35. The Labute approximate surface area is 66.9 Å². The molecule has 1 atom stereocenters. The third-order valence-corrected chi connectivity index (χ3v) is 2.62. The van der Waals surface area contributed by atoms with Crippen molar-refractivity contribution in [3.8, 4) is 0 Å². The molecule has 1 heterocycles. The Hall–Kier alpha value is -0.340. The molecule has 11 heavy (non-hydrogen) atoms. The van der Waals surface area contributed by atoms with Crippen molar-refractivity contribution in [1.82, 2.24) is 0 Å². The summed E-state index contributed by atoms with van der Waals surface area (Å²) in [6.07, 6.45) is 9.10. The molecular formula is C9H14O2. The Morgan fingerprint density at radius 3 is 2.55 bits per heavy atom. The molecule has 1 aliphatic carbocycles. The highest BCUT2D eigenvalue weighted by atomic mass is 16.6. The summed E-state index contributed by atoms with van der Waals surface area (Å²) in [5.74, 6) is 0. The van der Waals surface area contributed by atoms with Gasteiger partial charge in [0, 0.05) is 0 Å². The second-order valence-corrected chi connectivity index (χ2v) is 3.49. The van der Waals surface area contributed by atoms with Crippen molar-refractivity contribution in [2.24, 2.45) is 0 Å². The topological polar surface area (TPSA) is 29.5 Å². The third kappa shape index (κ3) is 1.33. The minimum absolute atomic E-state index is 0.0856. The van der Waals surface area contributed by atoms with Crippen LogP contribution in [0.25, 0.3) is 0 Å². The van der Waals surface area contributed by atoms with Crippen LogP contribution < -0.4 is 0 Å². The van der Waals surface area contributed by atoms with E-state index in [0.29, 0.717) is 0 Å². The molecule has 1 aliphatic heterocycles. The van der Waals surface area contributed by atoms with E-state index in [1.54, 1.807) is 6.08 Å². The Balaban J connectivity index is 2.05. The molecule has 1 fully saturated rings. The van der Waals surface area contributed by atoms with Crippen LogP contribution in [-0.4, -0.2) is 17.0 Å². The van der Waals surface area contributed by atoms with Gasteiger partial charge in [-0.25, -0.2) is 0 Å². The Kier molecular flexibility index (Phi) is 1.74. The van der Waals surface area contributed by atoms with Crippen molar-refractivity contribution in [3.63, 3.8) is 0 Å². The molecule has 1 saturated carbocycles. The van der Waals surface area contributed by atoms with Gasteiger partial charge in [0.15, 0.2) is 6.29 Å². The first-order chi connectivity index (χ1) is 5.31. The van der Waals surface area contributed by atoms with E-state index in [9.17, 15) is 0 Å². The van der Waals surface area contributed by atoms with Crippen LogP contribution in [0, 0.1) is 0 Å². The van der Waals surface area contributed by atoms with Gasteiger partial charge in [-0.1, -0.05) is 25.3 Å². The molecule has 0 amide bonds. The van der Waals surface area contributed by atoms with Crippen LogP contribution in [0.3, 0.4) is 0 Å². The molecule has 2 rings (SSSR count). The van der Waals surface area contributed by atoms with Gasteiger partial charge in [-0.3, -0.25) is 0 Å². The third-order valence-electron chi connectivity index (χ3n) is 2.62. The fourth-order valence-electron chi connectivity index (χ4n) is 2.01. The summed E-state index contributed by atoms with van der Waals surface area (Å²) in [5, 5.41) is 9.14. The molecule has 1 N–H and O–H groups in total. The monoisotopic (exact) mass is 154 g/mol. The standard InChI is InChI=1S/C9H14O2/c10-8-4-7-9(11-8)5-2-1-3-6-9/h4,7-8,10H,1-3,5-6H2. The predicted molar refractivity (Wildman–Crippen MR) is 42.0 cm³/mol. The molecule has 1 spiro atoms. The van der Waals surface area contributed by atoms with Crippen LogP contribution in [0.15, 0.2) is 12.2 Å². The van der Waals surface area contributed by atoms with Crippen molar-refractivity contribution >= 4 is 0 Å². The molecule has 0 radical (unpaired) electrons. The smallest absolute Gasteiger partial charge is 0.175 e. The highest BCUT2D eigenvalue weighted by molar-refractivity contribution is 5.10. The number of hydrogen-bond donors (Lipinski definition) is 1. The average Bonchev–Trinajstić information content (AvgIpc) is 2.34. The summed E-state index contributed by atoms with van der Waals surface area (Å²) >= 11 is 0. The molecule has 1 unspecified atom stereocenters. The van der Waals surface area contributed by atoms with Gasteiger partial charge in [-0.15, -0.1) is 0 Å². The molecule has 0 aromatic carbocycles. The van der Waals surface area contributed by atoms with E-state index < -0.39 is 6.29 Å². The van der Waals surface area contributed by atoms with Crippen LogP contribution >= 0.6 is 0 Å². The van der Waals surface area contributed by atoms with Crippen molar-refractivity contribution < 1.29 is 9.84 Å².